The van der Waals surface area contributed by atoms with E-state index in [1.165, 1.54) is 11.8 Å². The topological polar surface area (TPSA) is 49.9 Å². The molecule has 1 rings (SSSR count). The molecular formula is C10H14N2. The molecule has 64 valence electrons. The van der Waals surface area contributed by atoms with Crippen molar-refractivity contribution in [1.82, 2.24) is 0 Å². The van der Waals surface area contributed by atoms with Crippen LogP contribution in [0.2, 0.25) is 0 Å². The van der Waals surface area contributed by atoms with E-state index in [4.69, 9.17) is 11.1 Å². The zero-order chi connectivity index (χ0) is 9.14. The average Bonchev–Trinajstić information content (AvgIpc) is 2.04. The molecule has 1 aliphatic carbocycles. The van der Waals surface area contributed by atoms with Crippen LogP contribution in [-0.4, -0.2) is 6.21 Å². The molecule has 0 spiro atoms. The fraction of sp³-hybridized carbons (Fsp3) is 0.300. The van der Waals surface area contributed by atoms with E-state index in [9.17, 15) is 0 Å². The molecule has 2 heteroatoms. The lowest BCUT2D eigenvalue weighted by atomic mass is 9.93. The summed E-state index contributed by atoms with van der Waals surface area (Å²) in [6.45, 7) is 5.84. The molecule has 0 aromatic rings. The summed E-state index contributed by atoms with van der Waals surface area (Å²) in [6.07, 6.45) is 5.09. The Hall–Kier alpha value is -1.31. The maximum atomic E-state index is 7.09. The lowest BCUT2D eigenvalue weighted by Crippen LogP contribution is -2.07. The van der Waals surface area contributed by atoms with Crippen LogP contribution < -0.4 is 5.73 Å². The fourth-order valence-corrected chi connectivity index (χ4v) is 1.26. The number of allylic oxidation sites excluding steroid dienone is 4. The first-order valence-electron chi connectivity index (χ1n) is 4.00. The summed E-state index contributed by atoms with van der Waals surface area (Å²) < 4.78 is 0. The van der Waals surface area contributed by atoms with Crippen LogP contribution in [0.3, 0.4) is 0 Å². The third-order valence-electron chi connectivity index (χ3n) is 2.09. The molecule has 2 nitrogen and oxygen atoms in total. The molecule has 0 fully saturated rings. The predicted octanol–water partition coefficient (Wildman–Crippen LogP) is 2.15. The van der Waals surface area contributed by atoms with Crippen molar-refractivity contribution in [1.29, 1.82) is 5.41 Å². The van der Waals surface area contributed by atoms with E-state index in [1.807, 2.05) is 13.0 Å². The molecule has 0 aliphatic heterocycles. The Morgan fingerprint density at radius 3 is 2.75 bits per heavy atom. The maximum absolute atomic E-state index is 7.09. The average molecular weight is 162 g/mol. The quantitative estimate of drug-likeness (QED) is 0.600. The Bertz CT molecular complexity index is 282. The molecule has 0 saturated heterocycles. The number of hydrogen-bond donors (Lipinski definition) is 2. The molecule has 0 amide bonds. The third kappa shape index (κ3) is 1.64. The van der Waals surface area contributed by atoms with Gasteiger partial charge in [0.15, 0.2) is 0 Å². The summed E-state index contributed by atoms with van der Waals surface area (Å²) in [7, 11) is 0. The van der Waals surface area contributed by atoms with E-state index in [-0.39, 0.29) is 0 Å². The molecular weight excluding hydrogens is 148 g/mol. The van der Waals surface area contributed by atoms with Crippen molar-refractivity contribution in [3.05, 3.63) is 35.1 Å². The number of nitrogens with two attached hydrogens (primary N) is 1. The van der Waals surface area contributed by atoms with Crippen LogP contribution in [0.4, 0.5) is 0 Å². The van der Waals surface area contributed by atoms with Gasteiger partial charge in [-0.15, -0.1) is 0 Å². The maximum Gasteiger partial charge on any atom is 0.0364 e. The van der Waals surface area contributed by atoms with Crippen LogP contribution in [0.1, 0.15) is 19.8 Å². The van der Waals surface area contributed by atoms with Crippen molar-refractivity contribution in [3.63, 3.8) is 0 Å². The second-order valence-electron chi connectivity index (χ2n) is 3.07. The van der Waals surface area contributed by atoms with Gasteiger partial charge in [-0.05, 0) is 37.0 Å². The molecule has 0 unspecified atom stereocenters. The highest BCUT2D eigenvalue weighted by Crippen LogP contribution is 2.24. The minimum Gasteiger partial charge on any atom is -0.398 e. The Kier molecular flexibility index (Phi) is 2.48. The summed E-state index contributed by atoms with van der Waals surface area (Å²) in [6, 6.07) is 0. The van der Waals surface area contributed by atoms with Crippen molar-refractivity contribution in [2.45, 2.75) is 19.8 Å². The van der Waals surface area contributed by atoms with Gasteiger partial charge in [-0.2, -0.15) is 0 Å². The van der Waals surface area contributed by atoms with Gasteiger partial charge in [0.2, 0.25) is 0 Å². The number of rotatable bonds is 2. The summed E-state index contributed by atoms with van der Waals surface area (Å²) in [4.78, 5) is 0. The SMILES string of the molecule is C=C(C)C1=CC(N)=C(C=N)CC1. The summed E-state index contributed by atoms with van der Waals surface area (Å²) >= 11 is 0. The van der Waals surface area contributed by atoms with Crippen LogP contribution in [0.15, 0.2) is 35.1 Å². The molecule has 0 radical (unpaired) electrons. The van der Waals surface area contributed by atoms with Crippen LogP contribution in [0.25, 0.3) is 0 Å². The highest BCUT2D eigenvalue weighted by Gasteiger charge is 2.09. The predicted molar refractivity (Wildman–Crippen MR) is 52.1 cm³/mol. The van der Waals surface area contributed by atoms with Gasteiger partial charge in [-0.1, -0.05) is 12.2 Å². The molecule has 1 aliphatic rings. The van der Waals surface area contributed by atoms with Crippen molar-refractivity contribution < 1.29 is 0 Å². The second kappa shape index (κ2) is 3.39. The molecule has 12 heavy (non-hydrogen) atoms. The first kappa shape index (κ1) is 8.78. The van der Waals surface area contributed by atoms with Crippen molar-refractivity contribution in [3.8, 4) is 0 Å². The van der Waals surface area contributed by atoms with Crippen LogP contribution in [0, 0.1) is 5.41 Å². The van der Waals surface area contributed by atoms with E-state index in [1.54, 1.807) is 0 Å². The highest BCUT2D eigenvalue weighted by molar-refractivity contribution is 5.78. The Labute approximate surface area is 73.0 Å². The molecule has 0 aromatic carbocycles. The standard InChI is InChI=1S/C10H14N2/c1-7(2)8-3-4-9(6-11)10(12)5-8/h5-6,11H,1,3-4,12H2,2H3. The van der Waals surface area contributed by atoms with Gasteiger partial charge in [0.1, 0.15) is 0 Å². The number of hydrogen-bond acceptors (Lipinski definition) is 2. The molecule has 0 atom stereocenters. The largest absolute Gasteiger partial charge is 0.398 e. The van der Waals surface area contributed by atoms with E-state index >= 15 is 0 Å². The van der Waals surface area contributed by atoms with E-state index in [0.29, 0.717) is 5.70 Å². The first-order valence-corrected chi connectivity index (χ1v) is 4.00. The van der Waals surface area contributed by atoms with Crippen molar-refractivity contribution >= 4 is 6.21 Å². The zero-order valence-corrected chi connectivity index (χ0v) is 7.35. The summed E-state index contributed by atoms with van der Waals surface area (Å²) in [5, 5.41) is 7.09. The van der Waals surface area contributed by atoms with Crippen LogP contribution >= 0.6 is 0 Å². The minimum atomic E-state index is 0.717. The highest BCUT2D eigenvalue weighted by atomic mass is 14.6. The van der Waals surface area contributed by atoms with Gasteiger partial charge in [-0.3, -0.25) is 0 Å². The molecule has 3 N–H and O–H groups in total. The third-order valence-corrected chi connectivity index (χ3v) is 2.09. The Morgan fingerprint density at radius 2 is 2.33 bits per heavy atom. The molecule has 0 saturated carbocycles. The van der Waals surface area contributed by atoms with E-state index in [2.05, 4.69) is 6.58 Å². The summed E-state index contributed by atoms with van der Waals surface area (Å²) in [5.74, 6) is 0. The first-order chi connectivity index (χ1) is 5.65. The van der Waals surface area contributed by atoms with Crippen LogP contribution in [0.5, 0.6) is 0 Å². The fourth-order valence-electron chi connectivity index (χ4n) is 1.26. The Morgan fingerprint density at radius 1 is 1.67 bits per heavy atom. The molecule has 0 bridgehead atoms. The zero-order valence-electron chi connectivity index (χ0n) is 7.35. The lowest BCUT2D eigenvalue weighted by molar-refractivity contribution is 0.926. The van der Waals surface area contributed by atoms with E-state index < -0.39 is 0 Å². The van der Waals surface area contributed by atoms with Crippen molar-refractivity contribution in [2.75, 3.05) is 0 Å². The van der Waals surface area contributed by atoms with Gasteiger partial charge >= 0.3 is 0 Å². The van der Waals surface area contributed by atoms with Gasteiger partial charge in [-0.25, -0.2) is 0 Å². The van der Waals surface area contributed by atoms with Gasteiger partial charge < -0.3 is 11.1 Å². The smallest absolute Gasteiger partial charge is 0.0364 e. The van der Waals surface area contributed by atoms with Gasteiger partial charge in [0.25, 0.3) is 0 Å². The van der Waals surface area contributed by atoms with E-state index in [0.717, 1.165) is 24.0 Å². The number of nitrogens with one attached hydrogen (secondary N) is 1. The second-order valence-corrected chi connectivity index (χ2v) is 3.07. The minimum absolute atomic E-state index is 0.717. The lowest BCUT2D eigenvalue weighted by Gasteiger charge is -2.14. The van der Waals surface area contributed by atoms with Gasteiger partial charge in [0, 0.05) is 11.9 Å². The molecule has 0 aromatic heterocycles. The monoisotopic (exact) mass is 162 g/mol. The van der Waals surface area contributed by atoms with Crippen LogP contribution in [-0.2, 0) is 0 Å². The van der Waals surface area contributed by atoms with Crippen molar-refractivity contribution in [2.24, 2.45) is 5.73 Å². The summed E-state index contributed by atoms with van der Waals surface area (Å²) in [5.41, 5.74) is 9.65. The normalized spacial score (nSPS) is 17.2. The molecule has 0 heterocycles. The van der Waals surface area contributed by atoms with Gasteiger partial charge in [0.05, 0.1) is 0 Å². The Balaban J connectivity index is 2.95.